The second-order valence-corrected chi connectivity index (χ2v) is 7.39. The molecule has 1 fully saturated rings. The largest absolute Gasteiger partial charge is 0.378 e. The van der Waals surface area contributed by atoms with E-state index in [2.05, 4.69) is 22.3 Å². The van der Waals surface area contributed by atoms with Gasteiger partial charge in [-0.15, -0.1) is 0 Å². The third kappa shape index (κ3) is 6.01. The van der Waals surface area contributed by atoms with E-state index in [1.54, 1.807) is 6.07 Å². The van der Waals surface area contributed by atoms with Gasteiger partial charge in [0.05, 0.1) is 29.4 Å². The molecule has 1 aliphatic rings. The zero-order valence-corrected chi connectivity index (χ0v) is 17.3. The SMILES string of the molecule is CN(CCCNC(=O)c1cc([N+](=O)[O-])ccc1N1CCOCC1)Cc1ccccc1. The van der Waals surface area contributed by atoms with Gasteiger partial charge in [-0.2, -0.15) is 0 Å². The van der Waals surface area contributed by atoms with Crippen LogP contribution in [0.3, 0.4) is 0 Å². The Balaban J connectivity index is 1.57. The second-order valence-electron chi connectivity index (χ2n) is 7.39. The number of morpholine rings is 1. The molecule has 1 heterocycles. The molecule has 0 atom stereocenters. The molecule has 0 aliphatic carbocycles. The lowest BCUT2D eigenvalue weighted by Crippen LogP contribution is -2.38. The summed E-state index contributed by atoms with van der Waals surface area (Å²) in [6, 6.07) is 14.7. The number of carbonyl (C=O) groups excluding carboxylic acids is 1. The highest BCUT2D eigenvalue weighted by Crippen LogP contribution is 2.26. The molecule has 2 aromatic rings. The molecule has 0 unspecified atom stereocenters. The first-order chi connectivity index (χ1) is 14.5. The van der Waals surface area contributed by atoms with Crippen molar-refractivity contribution in [1.82, 2.24) is 10.2 Å². The van der Waals surface area contributed by atoms with Gasteiger partial charge in [0, 0.05) is 38.3 Å². The van der Waals surface area contributed by atoms with Crippen LogP contribution in [0.4, 0.5) is 11.4 Å². The lowest BCUT2D eigenvalue weighted by molar-refractivity contribution is -0.384. The van der Waals surface area contributed by atoms with Crippen molar-refractivity contribution in [3.05, 3.63) is 69.8 Å². The van der Waals surface area contributed by atoms with Crippen molar-refractivity contribution in [3.8, 4) is 0 Å². The maximum Gasteiger partial charge on any atom is 0.270 e. The predicted octanol–water partition coefficient (Wildman–Crippen LogP) is 2.68. The topological polar surface area (TPSA) is 88.0 Å². The highest BCUT2D eigenvalue weighted by molar-refractivity contribution is 6.00. The monoisotopic (exact) mass is 412 g/mol. The molecular weight excluding hydrogens is 384 g/mol. The van der Waals surface area contributed by atoms with Crippen LogP contribution in [0.1, 0.15) is 22.3 Å². The number of hydrogen-bond acceptors (Lipinski definition) is 6. The zero-order valence-electron chi connectivity index (χ0n) is 17.3. The molecule has 160 valence electrons. The summed E-state index contributed by atoms with van der Waals surface area (Å²) in [6.45, 7) is 4.65. The molecule has 1 saturated heterocycles. The first kappa shape index (κ1) is 21.7. The van der Waals surface area contributed by atoms with Gasteiger partial charge in [0.2, 0.25) is 0 Å². The van der Waals surface area contributed by atoms with Crippen molar-refractivity contribution < 1.29 is 14.5 Å². The van der Waals surface area contributed by atoms with Gasteiger partial charge in [0.25, 0.3) is 11.6 Å². The molecular formula is C22H28N4O4. The quantitative estimate of drug-likeness (QED) is 0.387. The van der Waals surface area contributed by atoms with E-state index in [9.17, 15) is 14.9 Å². The average Bonchev–Trinajstić information content (AvgIpc) is 2.77. The Morgan fingerprint density at radius 3 is 2.63 bits per heavy atom. The summed E-state index contributed by atoms with van der Waals surface area (Å²) in [7, 11) is 2.05. The Kier molecular flexibility index (Phi) is 7.75. The minimum atomic E-state index is -0.474. The molecule has 0 aromatic heterocycles. The number of ether oxygens (including phenoxy) is 1. The molecule has 8 heteroatoms. The zero-order chi connectivity index (χ0) is 21.3. The minimum absolute atomic E-state index is 0.0836. The summed E-state index contributed by atoms with van der Waals surface area (Å²) < 4.78 is 5.37. The van der Waals surface area contributed by atoms with Gasteiger partial charge in [-0.05, 0) is 31.6 Å². The fourth-order valence-corrected chi connectivity index (χ4v) is 3.52. The van der Waals surface area contributed by atoms with E-state index in [1.807, 2.05) is 30.1 Å². The molecule has 3 rings (SSSR count). The van der Waals surface area contributed by atoms with Crippen LogP contribution in [-0.4, -0.2) is 62.2 Å². The Hall–Kier alpha value is -2.97. The molecule has 2 aromatic carbocycles. The van der Waals surface area contributed by atoms with Gasteiger partial charge < -0.3 is 19.9 Å². The summed E-state index contributed by atoms with van der Waals surface area (Å²) in [5.74, 6) is -0.286. The summed E-state index contributed by atoms with van der Waals surface area (Å²) in [6.07, 6.45) is 0.789. The molecule has 8 nitrogen and oxygen atoms in total. The van der Waals surface area contributed by atoms with Crippen LogP contribution in [0.15, 0.2) is 48.5 Å². The summed E-state index contributed by atoms with van der Waals surface area (Å²) in [5.41, 5.74) is 2.21. The number of benzene rings is 2. The lowest BCUT2D eigenvalue weighted by Gasteiger charge is -2.30. The summed E-state index contributed by atoms with van der Waals surface area (Å²) >= 11 is 0. The van der Waals surface area contributed by atoms with Crippen molar-refractivity contribution >= 4 is 17.3 Å². The highest BCUT2D eigenvalue weighted by atomic mass is 16.6. The predicted molar refractivity (Wildman–Crippen MR) is 116 cm³/mol. The number of non-ortho nitro benzene ring substituents is 1. The number of hydrogen-bond donors (Lipinski definition) is 1. The van der Waals surface area contributed by atoms with Crippen molar-refractivity contribution in [3.63, 3.8) is 0 Å². The first-order valence-electron chi connectivity index (χ1n) is 10.2. The number of nitrogens with zero attached hydrogens (tertiary/aromatic N) is 3. The average molecular weight is 412 g/mol. The number of carbonyl (C=O) groups is 1. The van der Waals surface area contributed by atoms with Crippen LogP contribution in [0.25, 0.3) is 0 Å². The van der Waals surface area contributed by atoms with Gasteiger partial charge in [0.15, 0.2) is 0 Å². The Morgan fingerprint density at radius 2 is 1.93 bits per heavy atom. The molecule has 1 aliphatic heterocycles. The molecule has 0 bridgehead atoms. The number of amides is 1. The second kappa shape index (κ2) is 10.7. The van der Waals surface area contributed by atoms with Crippen LogP contribution in [0, 0.1) is 10.1 Å². The van der Waals surface area contributed by atoms with Crippen LogP contribution in [0.2, 0.25) is 0 Å². The van der Waals surface area contributed by atoms with E-state index in [0.29, 0.717) is 44.1 Å². The lowest BCUT2D eigenvalue weighted by atomic mass is 10.1. The molecule has 30 heavy (non-hydrogen) atoms. The Morgan fingerprint density at radius 1 is 1.20 bits per heavy atom. The number of anilines is 1. The fraction of sp³-hybridized carbons (Fsp3) is 0.409. The van der Waals surface area contributed by atoms with Gasteiger partial charge in [-0.3, -0.25) is 14.9 Å². The maximum absolute atomic E-state index is 12.8. The van der Waals surface area contributed by atoms with Crippen LogP contribution in [0.5, 0.6) is 0 Å². The number of nitrogens with one attached hydrogen (secondary N) is 1. The molecule has 1 N–H and O–H groups in total. The highest BCUT2D eigenvalue weighted by Gasteiger charge is 2.21. The smallest absolute Gasteiger partial charge is 0.270 e. The standard InChI is InChI=1S/C22H28N4O4/c1-24(17-18-6-3-2-4-7-18)11-5-10-23-22(27)20-16-19(26(28)29)8-9-21(20)25-12-14-30-15-13-25/h2-4,6-9,16H,5,10-15,17H2,1H3,(H,23,27). The van der Waals surface area contributed by atoms with Crippen molar-refractivity contribution in [2.45, 2.75) is 13.0 Å². The fourth-order valence-electron chi connectivity index (χ4n) is 3.52. The number of nitro benzene ring substituents is 1. The van der Waals surface area contributed by atoms with Crippen LogP contribution in [-0.2, 0) is 11.3 Å². The van der Waals surface area contributed by atoms with E-state index in [1.165, 1.54) is 17.7 Å². The molecule has 0 saturated carbocycles. The number of nitro groups is 1. The van der Waals surface area contributed by atoms with Crippen molar-refractivity contribution in [2.24, 2.45) is 0 Å². The molecule has 0 radical (unpaired) electrons. The Bertz CT molecular complexity index is 853. The summed E-state index contributed by atoms with van der Waals surface area (Å²) in [4.78, 5) is 27.8. The van der Waals surface area contributed by atoms with Crippen molar-refractivity contribution in [2.75, 3.05) is 51.3 Å². The van der Waals surface area contributed by atoms with E-state index in [-0.39, 0.29) is 11.6 Å². The Labute approximate surface area is 176 Å². The molecule has 1 amide bonds. The van der Waals surface area contributed by atoms with Gasteiger partial charge >= 0.3 is 0 Å². The number of rotatable bonds is 9. The van der Waals surface area contributed by atoms with E-state index >= 15 is 0 Å². The van der Waals surface area contributed by atoms with Crippen molar-refractivity contribution in [1.29, 1.82) is 0 Å². The van der Waals surface area contributed by atoms with E-state index in [0.717, 1.165) is 19.5 Å². The van der Waals surface area contributed by atoms with E-state index < -0.39 is 4.92 Å². The normalized spacial score (nSPS) is 14.0. The molecule has 0 spiro atoms. The van der Waals surface area contributed by atoms with E-state index in [4.69, 9.17) is 4.74 Å². The van der Waals surface area contributed by atoms with Gasteiger partial charge in [-0.25, -0.2) is 0 Å². The van der Waals surface area contributed by atoms with Crippen LogP contribution >= 0.6 is 0 Å². The van der Waals surface area contributed by atoms with Crippen LogP contribution < -0.4 is 10.2 Å². The third-order valence-corrected chi connectivity index (χ3v) is 5.08. The van der Waals surface area contributed by atoms with Gasteiger partial charge in [0.1, 0.15) is 0 Å². The first-order valence-corrected chi connectivity index (χ1v) is 10.2. The summed E-state index contributed by atoms with van der Waals surface area (Å²) in [5, 5.41) is 14.1. The van der Waals surface area contributed by atoms with Gasteiger partial charge in [-0.1, -0.05) is 30.3 Å². The third-order valence-electron chi connectivity index (χ3n) is 5.08. The maximum atomic E-state index is 12.8. The minimum Gasteiger partial charge on any atom is -0.378 e.